The van der Waals surface area contributed by atoms with E-state index < -0.39 is 11.8 Å². The molecule has 0 aromatic carbocycles. The summed E-state index contributed by atoms with van der Waals surface area (Å²) in [5.74, 6) is -0.457. The normalized spacial score (nSPS) is 16.1. The third kappa shape index (κ3) is 3.01. The Labute approximate surface area is 112 Å². The van der Waals surface area contributed by atoms with Crippen molar-refractivity contribution in [3.8, 4) is 0 Å². The SMILES string of the molecule is CCCN1CCN(Cc2cccc(N)n2)C(=O)C1=O. The molecule has 2 amide bonds. The van der Waals surface area contributed by atoms with Crippen molar-refractivity contribution in [3.63, 3.8) is 0 Å². The molecule has 0 unspecified atom stereocenters. The van der Waals surface area contributed by atoms with Crippen LogP contribution in [0.15, 0.2) is 18.2 Å². The lowest BCUT2D eigenvalue weighted by Gasteiger charge is -2.33. The van der Waals surface area contributed by atoms with Crippen molar-refractivity contribution >= 4 is 17.6 Å². The number of pyridine rings is 1. The molecule has 102 valence electrons. The largest absolute Gasteiger partial charge is 0.384 e. The van der Waals surface area contributed by atoms with Crippen LogP contribution in [0, 0.1) is 0 Å². The zero-order valence-corrected chi connectivity index (χ0v) is 11.0. The predicted octanol–water partition coefficient (Wildman–Crippen LogP) is 0.245. The number of anilines is 1. The summed E-state index contributed by atoms with van der Waals surface area (Å²) in [5, 5.41) is 0. The van der Waals surface area contributed by atoms with Crippen LogP contribution in [0.2, 0.25) is 0 Å². The van der Waals surface area contributed by atoms with Crippen LogP contribution in [-0.2, 0) is 16.1 Å². The lowest BCUT2D eigenvalue weighted by molar-refractivity contribution is -0.156. The number of nitrogens with two attached hydrogens (primary N) is 1. The first-order valence-corrected chi connectivity index (χ1v) is 6.41. The van der Waals surface area contributed by atoms with Gasteiger partial charge in [-0.1, -0.05) is 13.0 Å². The van der Waals surface area contributed by atoms with Crippen molar-refractivity contribution in [1.29, 1.82) is 0 Å². The number of rotatable bonds is 4. The third-order valence-corrected chi connectivity index (χ3v) is 3.07. The summed E-state index contributed by atoms with van der Waals surface area (Å²) in [6.07, 6.45) is 0.857. The van der Waals surface area contributed by atoms with Crippen LogP contribution >= 0.6 is 0 Å². The zero-order valence-electron chi connectivity index (χ0n) is 11.0. The Morgan fingerprint density at radius 1 is 1.21 bits per heavy atom. The number of piperazine rings is 1. The highest BCUT2D eigenvalue weighted by Crippen LogP contribution is 2.10. The second-order valence-corrected chi connectivity index (χ2v) is 4.57. The second-order valence-electron chi connectivity index (χ2n) is 4.57. The summed E-state index contributed by atoms with van der Waals surface area (Å²) in [7, 11) is 0. The molecule has 0 aliphatic carbocycles. The molecular weight excluding hydrogens is 244 g/mol. The Morgan fingerprint density at radius 2 is 1.89 bits per heavy atom. The molecule has 6 heteroatoms. The minimum atomic E-state index is -0.455. The number of carbonyl (C=O) groups is 2. The van der Waals surface area contributed by atoms with E-state index >= 15 is 0 Å². The molecule has 2 N–H and O–H groups in total. The Balaban J connectivity index is 2.03. The number of hydrogen-bond acceptors (Lipinski definition) is 4. The quantitative estimate of drug-likeness (QED) is 0.789. The third-order valence-electron chi connectivity index (χ3n) is 3.07. The van der Waals surface area contributed by atoms with Crippen LogP contribution in [0.1, 0.15) is 19.0 Å². The van der Waals surface area contributed by atoms with Gasteiger partial charge in [-0.25, -0.2) is 4.98 Å². The summed E-state index contributed by atoms with van der Waals surface area (Å²) in [6.45, 7) is 4.08. The average Bonchev–Trinajstić information content (AvgIpc) is 2.39. The van der Waals surface area contributed by atoms with E-state index in [0.717, 1.165) is 6.42 Å². The molecule has 1 aromatic heterocycles. The molecule has 0 saturated carbocycles. The number of amides is 2. The first-order chi connectivity index (χ1) is 9.11. The molecule has 2 rings (SSSR count). The van der Waals surface area contributed by atoms with E-state index in [1.54, 1.807) is 23.1 Å². The number of nitrogen functional groups attached to an aromatic ring is 1. The Bertz CT molecular complexity index is 489. The summed E-state index contributed by atoms with van der Waals surface area (Å²) >= 11 is 0. The fourth-order valence-electron chi connectivity index (χ4n) is 2.13. The zero-order chi connectivity index (χ0) is 13.8. The van der Waals surface area contributed by atoms with Gasteiger partial charge in [0.05, 0.1) is 12.2 Å². The number of aromatic nitrogens is 1. The van der Waals surface area contributed by atoms with Crippen molar-refractivity contribution in [2.45, 2.75) is 19.9 Å². The van der Waals surface area contributed by atoms with Crippen LogP contribution in [0.5, 0.6) is 0 Å². The molecular formula is C13H18N4O2. The number of hydrogen-bond donors (Lipinski definition) is 1. The fourth-order valence-corrected chi connectivity index (χ4v) is 2.13. The van der Waals surface area contributed by atoms with Crippen molar-refractivity contribution in [3.05, 3.63) is 23.9 Å². The predicted molar refractivity (Wildman–Crippen MR) is 70.9 cm³/mol. The van der Waals surface area contributed by atoms with Gasteiger partial charge in [0, 0.05) is 19.6 Å². The topological polar surface area (TPSA) is 79.5 Å². The first kappa shape index (κ1) is 13.3. The molecule has 0 atom stereocenters. The van der Waals surface area contributed by atoms with E-state index in [2.05, 4.69) is 4.98 Å². The van der Waals surface area contributed by atoms with Crippen LogP contribution in [0.3, 0.4) is 0 Å². The van der Waals surface area contributed by atoms with Crippen LogP contribution in [-0.4, -0.2) is 46.2 Å². The maximum Gasteiger partial charge on any atom is 0.312 e. The minimum absolute atomic E-state index is 0.329. The summed E-state index contributed by atoms with van der Waals surface area (Å²) in [6, 6.07) is 5.28. The van der Waals surface area contributed by atoms with Crippen molar-refractivity contribution < 1.29 is 9.59 Å². The second kappa shape index (κ2) is 5.69. The first-order valence-electron chi connectivity index (χ1n) is 6.41. The molecule has 0 bridgehead atoms. The van der Waals surface area contributed by atoms with Gasteiger partial charge < -0.3 is 15.5 Å². The molecule has 1 saturated heterocycles. The molecule has 1 aromatic rings. The van der Waals surface area contributed by atoms with Crippen LogP contribution < -0.4 is 5.73 Å². The van der Waals surface area contributed by atoms with Gasteiger partial charge in [0.25, 0.3) is 0 Å². The van der Waals surface area contributed by atoms with Crippen molar-refractivity contribution in [1.82, 2.24) is 14.8 Å². The highest BCUT2D eigenvalue weighted by Gasteiger charge is 2.31. The highest BCUT2D eigenvalue weighted by atomic mass is 16.2. The Kier molecular flexibility index (Phi) is 3.99. The molecule has 6 nitrogen and oxygen atoms in total. The van der Waals surface area contributed by atoms with Gasteiger partial charge in [-0.2, -0.15) is 0 Å². The van der Waals surface area contributed by atoms with Gasteiger partial charge in [-0.05, 0) is 18.6 Å². The average molecular weight is 262 g/mol. The Morgan fingerprint density at radius 3 is 2.58 bits per heavy atom. The molecule has 2 heterocycles. The maximum absolute atomic E-state index is 12.0. The summed E-state index contributed by atoms with van der Waals surface area (Å²) in [5.41, 5.74) is 6.30. The van der Waals surface area contributed by atoms with Gasteiger partial charge in [0.2, 0.25) is 0 Å². The highest BCUT2D eigenvalue weighted by molar-refractivity contribution is 6.35. The van der Waals surface area contributed by atoms with Crippen molar-refractivity contribution in [2.24, 2.45) is 0 Å². The molecule has 1 aliphatic rings. The van der Waals surface area contributed by atoms with Gasteiger partial charge in [0.1, 0.15) is 5.82 Å². The van der Waals surface area contributed by atoms with E-state index in [1.165, 1.54) is 4.90 Å². The van der Waals surface area contributed by atoms with E-state index in [0.29, 0.717) is 37.7 Å². The molecule has 19 heavy (non-hydrogen) atoms. The summed E-state index contributed by atoms with van der Waals surface area (Å²) in [4.78, 5) is 31.1. The van der Waals surface area contributed by atoms with E-state index in [9.17, 15) is 9.59 Å². The van der Waals surface area contributed by atoms with Crippen LogP contribution in [0.25, 0.3) is 0 Å². The van der Waals surface area contributed by atoms with E-state index in [1.807, 2.05) is 6.92 Å². The van der Waals surface area contributed by atoms with Crippen molar-refractivity contribution in [2.75, 3.05) is 25.4 Å². The van der Waals surface area contributed by atoms with Gasteiger partial charge in [-0.15, -0.1) is 0 Å². The summed E-state index contributed by atoms with van der Waals surface area (Å²) < 4.78 is 0. The minimum Gasteiger partial charge on any atom is -0.384 e. The van der Waals surface area contributed by atoms with Crippen LogP contribution in [0.4, 0.5) is 5.82 Å². The maximum atomic E-state index is 12.0. The van der Waals surface area contributed by atoms with Gasteiger partial charge in [0.15, 0.2) is 0 Å². The lowest BCUT2D eigenvalue weighted by Crippen LogP contribution is -2.54. The monoisotopic (exact) mass is 262 g/mol. The standard InChI is InChI=1S/C13H18N4O2/c1-2-6-16-7-8-17(13(19)12(16)18)9-10-4-3-5-11(14)15-10/h3-5H,2,6-9H2,1H3,(H2,14,15). The smallest absolute Gasteiger partial charge is 0.312 e. The molecule has 0 radical (unpaired) electrons. The number of carbonyl (C=O) groups excluding carboxylic acids is 2. The van der Waals surface area contributed by atoms with E-state index in [-0.39, 0.29) is 0 Å². The lowest BCUT2D eigenvalue weighted by atomic mass is 10.2. The van der Waals surface area contributed by atoms with Gasteiger partial charge in [-0.3, -0.25) is 9.59 Å². The fraction of sp³-hybridized carbons (Fsp3) is 0.462. The van der Waals surface area contributed by atoms with E-state index in [4.69, 9.17) is 5.73 Å². The Hall–Kier alpha value is -2.11. The molecule has 0 spiro atoms. The van der Waals surface area contributed by atoms with Gasteiger partial charge >= 0.3 is 11.8 Å². The molecule has 1 aliphatic heterocycles. The molecule has 1 fully saturated rings. The number of nitrogens with zero attached hydrogens (tertiary/aromatic N) is 3.